The first kappa shape index (κ1) is 21.8. The molecule has 3 aromatic carbocycles. The normalized spacial score (nSPS) is 15.7. The minimum Gasteiger partial charge on any atom is -0.326 e. The highest BCUT2D eigenvalue weighted by Gasteiger charge is 2.33. The molecule has 2 amide bonds. The van der Waals surface area contributed by atoms with Crippen LogP contribution in [-0.2, 0) is 9.59 Å². The number of carbonyl (C=O) groups is 2. The van der Waals surface area contributed by atoms with Crippen LogP contribution in [0.5, 0.6) is 0 Å². The molecular formula is C27H29N3O2. The Kier molecular flexibility index (Phi) is 6.97. The number of rotatable bonds is 6. The van der Waals surface area contributed by atoms with E-state index in [1.807, 2.05) is 91.9 Å². The first-order valence-electron chi connectivity index (χ1n) is 11.1. The molecule has 3 aromatic rings. The molecule has 1 aliphatic heterocycles. The molecule has 1 saturated heterocycles. The number of carbonyl (C=O) groups excluding carboxylic acids is 2. The van der Waals surface area contributed by atoms with Gasteiger partial charge in [-0.3, -0.25) is 14.5 Å². The van der Waals surface area contributed by atoms with Gasteiger partial charge in [-0.05, 0) is 62.7 Å². The predicted molar refractivity (Wildman–Crippen MR) is 128 cm³/mol. The van der Waals surface area contributed by atoms with Gasteiger partial charge in [-0.25, -0.2) is 0 Å². The van der Waals surface area contributed by atoms with Gasteiger partial charge in [-0.1, -0.05) is 66.2 Å². The highest BCUT2D eigenvalue weighted by molar-refractivity contribution is 5.96. The van der Waals surface area contributed by atoms with Gasteiger partial charge in [-0.2, -0.15) is 0 Å². The molecule has 0 aliphatic carbocycles. The van der Waals surface area contributed by atoms with Crippen molar-refractivity contribution in [1.29, 1.82) is 0 Å². The van der Waals surface area contributed by atoms with Crippen LogP contribution in [-0.4, -0.2) is 29.8 Å². The number of hydrogen-bond acceptors (Lipinski definition) is 3. The van der Waals surface area contributed by atoms with Crippen molar-refractivity contribution >= 4 is 23.2 Å². The Balaban J connectivity index is 1.44. The zero-order valence-electron chi connectivity index (χ0n) is 18.3. The summed E-state index contributed by atoms with van der Waals surface area (Å²) in [5, 5.41) is 6.08. The molecule has 0 aromatic heterocycles. The van der Waals surface area contributed by atoms with Gasteiger partial charge in [-0.15, -0.1) is 0 Å². The molecule has 2 N–H and O–H groups in total. The Morgan fingerprint density at radius 1 is 0.781 bits per heavy atom. The largest absolute Gasteiger partial charge is 0.326 e. The average Bonchev–Trinajstić information content (AvgIpc) is 2.82. The van der Waals surface area contributed by atoms with E-state index in [1.165, 1.54) is 0 Å². The Bertz CT molecular complexity index is 1030. The number of nitrogens with zero attached hydrogens (tertiary/aromatic N) is 1. The van der Waals surface area contributed by atoms with Crippen LogP contribution in [0.3, 0.4) is 0 Å². The molecule has 0 bridgehead atoms. The number of para-hydroxylation sites is 1. The molecule has 0 spiro atoms. The van der Waals surface area contributed by atoms with Gasteiger partial charge in [0.1, 0.15) is 6.04 Å². The van der Waals surface area contributed by atoms with E-state index in [2.05, 4.69) is 15.5 Å². The topological polar surface area (TPSA) is 61.4 Å². The van der Waals surface area contributed by atoms with E-state index in [1.54, 1.807) is 0 Å². The number of aryl methyl sites for hydroxylation is 1. The van der Waals surface area contributed by atoms with Crippen LogP contribution in [0, 0.1) is 12.8 Å². The first-order chi connectivity index (χ1) is 15.6. The molecule has 0 unspecified atom stereocenters. The Labute approximate surface area is 189 Å². The lowest BCUT2D eigenvalue weighted by molar-refractivity contribution is -0.123. The van der Waals surface area contributed by atoms with Crippen molar-refractivity contribution in [3.05, 3.63) is 96.1 Å². The maximum absolute atomic E-state index is 13.3. The van der Waals surface area contributed by atoms with Gasteiger partial charge in [0.15, 0.2) is 0 Å². The lowest BCUT2D eigenvalue weighted by atomic mass is 9.93. The number of nitrogens with one attached hydrogen (secondary N) is 2. The Morgan fingerprint density at radius 3 is 1.97 bits per heavy atom. The number of benzene rings is 3. The van der Waals surface area contributed by atoms with E-state index in [-0.39, 0.29) is 17.7 Å². The fraction of sp³-hybridized carbons (Fsp3) is 0.259. The summed E-state index contributed by atoms with van der Waals surface area (Å²) in [6.45, 7) is 3.40. The third kappa shape index (κ3) is 5.42. The molecular weight excluding hydrogens is 398 g/mol. The minimum absolute atomic E-state index is 0.0489. The second kappa shape index (κ2) is 10.2. The standard InChI is InChI=1S/C27H29N3O2/c1-20-12-14-24(15-13-20)29-27(32)25(21-8-4-2-5-9-21)30-18-16-22(17-19-30)26(31)28-23-10-6-3-7-11-23/h2-15,22,25H,16-19H2,1H3,(H,28,31)(H,29,32)/t25-/m0/s1. The summed E-state index contributed by atoms with van der Waals surface area (Å²) in [7, 11) is 0. The second-order valence-electron chi connectivity index (χ2n) is 8.33. The van der Waals surface area contributed by atoms with Gasteiger partial charge >= 0.3 is 0 Å². The lowest BCUT2D eigenvalue weighted by Gasteiger charge is -2.36. The highest BCUT2D eigenvalue weighted by atomic mass is 16.2. The monoisotopic (exact) mass is 427 g/mol. The van der Waals surface area contributed by atoms with E-state index in [4.69, 9.17) is 0 Å². The van der Waals surface area contributed by atoms with Crippen LogP contribution in [0.4, 0.5) is 11.4 Å². The molecule has 5 heteroatoms. The molecule has 1 fully saturated rings. The fourth-order valence-corrected chi connectivity index (χ4v) is 4.20. The van der Waals surface area contributed by atoms with Crippen LogP contribution in [0.25, 0.3) is 0 Å². The number of anilines is 2. The predicted octanol–water partition coefficient (Wildman–Crippen LogP) is 5.03. The van der Waals surface area contributed by atoms with Crippen LogP contribution in [0.15, 0.2) is 84.9 Å². The number of amides is 2. The van der Waals surface area contributed by atoms with E-state index < -0.39 is 6.04 Å². The molecule has 1 aliphatic rings. The number of piperidine rings is 1. The summed E-state index contributed by atoms with van der Waals surface area (Å²) in [4.78, 5) is 28.2. The summed E-state index contributed by atoms with van der Waals surface area (Å²) in [6.07, 6.45) is 1.44. The van der Waals surface area contributed by atoms with E-state index in [0.717, 1.165) is 35.3 Å². The van der Waals surface area contributed by atoms with Crippen LogP contribution in [0.1, 0.15) is 30.0 Å². The third-order valence-electron chi connectivity index (χ3n) is 5.99. The molecule has 0 saturated carbocycles. The van der Waals surface area contributed by atoms with Gasteiger partial charge in [0.2, 0.25) is 11.8 Å². The van der Waals surface area contributed by atoms with Crippen molar-refractivity contribution in [2.75, 3.05) is 23.7 Å². The molecule has 1 heterocycles. The zero-order chi connectivity index (χ0) is 22.3. The van der Waals surface area contributed by atoms with Crippen LogP contribution >= 0.6 is 0 Å². The zero-order valence-corrected chi connectivity index (χ0v) is 18.3. The molecule has 1 atom stereocenters. The van der Waals surface area contributed by atoms with Gasteiger partial charge in [0.25, 0.3) is 0 Å². The molecule has 32 heavy (non-hydrogen) atoms. The SMILES string of the molecule is Cc1ccc(NC(=O)[C@H](c2ccccc2)N2CCC(C(=O)Nc3ccccc3)CC2)cc1. The molecule has 0 radical (unpaired) electrons. The fourth-order valence-electron chi connectivity index (χ4n) is 4.20. The lowest BCUT2D eigenvalue weighted by Crippen LogP contribution is -2.44. The summed E-state index contributed by atoms with van der Waals surface area (Å²) in [5.41, 5.74) is 3.72. The van der Waals surface area contributed by atoms with Crippen molar-refractivity contribution < 1.29 is 9.59 Å². The van der Waals surface area contributed by atoms with Gasteiger partial charge in [0, 0.05) is 17.3 Å². The quantitative estimate of drug-likeness (QED) is 0.580. The Morgan fingerprint density at radius 2 is 1.34 bits per heavy atom. The average molecular weight is 428 g/mol. The second-order valence-corrected chi connectivity index (χ2v) is 8.33. The molecule has 5 nitrogen and oxygen atoms in total. The summed E-state index contributed by atoms with van der Waals surface area (Å²) in [5.74, 6) is -0.0495. The first-order valence-corrected chi connectivity index (χ1v) is 11.1. The Hall–Kier alpha value is -3.44. The number of likely N-dealkylation sites (tertiary alicyclic amines) is 1. The van der Waals surface area contributed by atoms with E-state index >= 15 is 0 Å². The van der Waals surface area contributed by atoms with Crippen LogP contribution in [0.2, 0.25) is 0 Å². The smallest absolute Gasteiger partial charge is 0.246 e. The van der Waals surface area contributed by atoms with Crippen molar-refractivity contribution in [2.45, 2.75) is 25.8 Å². The molecule has 164 valence electrons. The maximum atomic E-state index is 13.3. The van der Waals surface area contributed by atoms with Gasteiger partial charge < -0.3 is 10.6 Å². The summed E-state index contributed by atoms with van der Waals surface area (Å²) >= 11 is 0. The maximum Gasteiger partial charge on any atom is 0.246 e. The van der Waals surface area contributed by atoms with Gasteiger partial charge in [0.05, 0.1) is 0 Å². The minimum atomic E-state index is -0.393. The summed E-state index contributed by atoms with van der Waals surface area (Å²) < 4.78 is 0. The van der Waals surface area contributed by atoms with Crippen molar-refractivity contribution in [1.82, 2.24) is 4.90 Å². The summed E-state index contributed by atoms with van der Waals surface area (Å²) in [6, 6.07) is 26.9. The number of hydrogen-bond donors (Lipinski definition) is 2. The molecule has 4 rings (SSSR count). The van der Waals surface area contributed by atoms with E-state index in [9.17, 15) is 9.59 Å². The van der Waals surface area contributed by atoms with Crippen molar-refractivity contribution in [3.63, 3.8) is 0 Å². The highest BCUT2D eigenvalue weighted by Crippen LogP contribution is 2.29. The van der Waals surface area contributed by atoms with Crippen molar-refractivity contribution in [2.24, 2.45) is 5.92 Å². The third-order valence-corrected chi connectivity index (χ3v) is 5.99. The van der Waals surface area contributed by atoms with Crippen molar-refractivity contribution in [3.8, 4) is 0 Å². The van der Waals surface area contributed by atoms with E-state index in [0.29, 0.717) is 13.1 Å². The van der Waals surface area contributed by atoms with Crippen LogP contribution < -0.4 is 10.6 Å².